The van der Waals surface area contributed by atoms with Crippen LogP contribution in [0.4, 0.5) is 5.69 Å². The number of hydrogen-bond donors (Lipinski definition) is 1. The van der Waals surface area contributed by atoms with Crippen LogP contribution < -0.4 is 14.8 Å². The summed E-state index contributed by atoms with van der Waals surface area (Å²) in [4.78, 5) is 13.4. The van der Waals surface area contributed by atoms with Crippen molar-refractivity contribution in [1.82, 2.24) is 9.78 Å². The maximum absolute atomic E-state index is 13.4. The lowest BCUT2D eigenvalue weighted by Crippen LogP contribution is -2.13. The smallest absolute Gasteiger partial charge is 0.259 e. The Morgan fingerprint density at radius 3 is 2.22 bits per heavy atom. The van der Waals surface area contributed by atoms with Crippen LogP contribution in [0.2, 0.25) is 0 Å². The number of amides is 1. The molecule has 1 N–H and O–H groups in total. The number of rotatable bonds is 6. The number of para-hydroxylation sites is 1. The van der Waals surface area contributed by atoms with Crippen LogP contribution in [0.3, 0.4) is 0 Å². The molecule has 0 aliphatic heterocycles. The maximum atomic E-state index is 13.4. The average Bonchev–Trinajstić information content (AvgIpc) is 3.26. The van der Waals surface area contributed by atoms with Gasteiger partial charge in [-0.1, -0.05) is 42.5 Å². The minimum absolute atomic E-state index is 0.249. The molecule has 32 heavy (non-hydrogen) atoms. The Morgan fingerprint density at radius 2 is 1.53 bits per heavy atom. The minimum Gasteiger partial charge on any atom is -0.493 e. The third-order valence-corrected chi connectivity index (χ3v) is 5.36. The number of carbonyl (C=O) groups is 1. The van der Waals surface area contributed by atoms with Crippen LogP contribution in [0.25, 0.3) is 16.9 Å². The Morgan fingerprint density at radius 1 is 0.875 bits per heavy atom. The molecule has 0 fully saturated rings. The molecule has 6 nitrogen and oxygen atoms in total. The largest absolute Gasteiger partial charge is 0.493 e. The van der Waals surface area contributed by atoms with E-state index in [1.165, 1.54) is 0 Å². The predicted octanol–water partition coefficient (Wildman–Crippen LogP) is 5.43. The molecule has 0 radical (unpaired) electrons. The molecule has 0 saturated heterocycles. The van der Waals surface area contributed by atoms with Gasteiger partial charge in [0, 0.05) is 23.5 Å². The highest BCUT2D eigenvalue weighted by Gasteiger charge is 2.21. The van der Waals surface area contributed by atoms with Crippen molar-refractivity contribution in [2.24, 2.45) is 0 Å². The highest BCUT2D eigenvalue weighted by Crippen LogP contribution is 2.34. The van der Waals surface area contributed by atoms with Gasteiger partial charge >= 0.3 is 0 Å². The number of aryl methyl sites for hydroxylation is 2. The molecular weight excluding hydrogens is 402 g/mol. The lowest BCUT2D eigenvalue weighted by atomic mass is 10.0. The van der Waals surface area contributed by atoms with E-state index in [9.17, 15) is 4.79 Å². The second kappa shape index (κ2) is 8.98. The molecule has 1 amide bonds. The standard InChI is InChI=1S/C26H25N3O3/c1-17-10-8-9-13-20(17)25-21(16-29(28-25)19-11-6-5-7-12-19)26(30)27-22-15-24(32-4)23(31-3)14-18(22)2/h5-16H,1-4H3,(H,27,30). The first kappa shape index (κ1) is 21.2. The summed E-state index contributed by atoms with van der Waals surface area (Å²) in [6, 6.07) is 21.2. The Balaban J connectivity index is 1.78. The molecule has 162 valence electrons. The van der Waals surface area contributed by atoms with Crippen molar-refractivity contribution < 1.29 is 14.3 Å². The predicted molar refractivity (Wildman–Crippen MR) is 126 cm³/mol. The third-order valence-electron chi connectivity index (χ3n) is 5.36. The van der Waals surface area contributed by atoms with Gasteiger partial charge in [-0.05, 0) is 43.2 Å². The van der Waals surface area contributed by atoms with Crippen molar-refractivity contribution in [3.8, 4) is 28.4 Å². The fourth-order valence-corrected chi connectivity index (χ4v) is 3.60. The summed E-state index contributed by atoms with van der Waals surface area (Å²) in [5.74, 6) is 0.911. The van der Waals surface area contributed by atoms with Crippen molar-refractivity contribution in [1.29, 1.82) is 0 Å². The summed E-state index contributed by atoms with van der Waals surface area (Å²) in [6.07, 6.45) is 1.77. The monoisotopic (exact) mass is 427 g/mol. The van der Waals surface area contributed by atoms with Gasteiger partial charge in [-0.25, -0.2) is 4.68 Å². The van der Waals surface area contributed by atoms with Crippen LogP contribution in [-0.2, 0) is 0 Å². The topological polar surface area (TPSA) is 65.4 Å². The molecule has 1 heterocycles. The van der Waals surface area contributed by atoms with Crippen molar-refractivity contribution in [2.75, 3.05) is 19.5 Å². The molecule has 4 rings (SSSR count). The SMILES string of the molecule is COc1cc(C)c(NC(=O)c2cn(-c3ccccc3)nc2-c2ccccc2C)cc1OC. The van der Waals surface area contributed by atoms with Crippen molar-refractivity contribution in [2.45, 2.75) is 13.8 Å². The zero-order valence-corrected chi connectivity index (χ0v) is 18.5. The molecule has 1 aromatic heterocycles. The van der Waals surface area contributed by atoms with Crippen molar-refractivity contribution in [3.05, 3.63) is 89.6 Å². The first-order chi connectivity index (χ1) is 15.5. The molecule has 0 saturated carbocycles. The zero-order valence-electron chi connectivity index (χ0n) is 18.5. The molecule has 6 heteroatoms. The maximum Gasteiger partial charge on any atom is 0.259 e. The van der Waals surface area contributed by atoms with Crippen LogP contribution in [-0.4, -0.2) is 29.9 Å². The first-order valence-electron chi connectivity index (χ1n) is 10.3. The molecule has 0 spiro atoms. The van der Waals surface area contributed by atoms with Crippen molar-refractivity contribution in [3.63, 3.8) is 0 Å². The number of methoxy groups -OCH3 is 2. The highest BCUT2D eigenvalue weighted by molar-refractivity contribution is 6.08. The van der Waals surface area contributed by atoms with Crippen molar-refractivity contribution >= 4 is 11.6 Å². The van der Waals surface area contributed by atoms with Crippen LogP contribution in [0.15, 0.2) is 72.9 Å². The van der Waals surface area contributed by atoms with Gasteiger partial charge in [0.2, 0.25) is 0 Å². The number of nitrogens with zero attached hydrogens (tertiary/aromatic N) is 2. The van der Waals surface area contributed by atoms with E-state index >= 15 is 0 Å². The number of carbonyl (C=O) groups excluding carboxylic acids is 1. The number of ether oxygens (including phenoxy) is 2. The van der Waals surface area contributed by atoms with E-state index in [4.69, 9.17) is 14.6 Å². The van der Waals surface area contributed by atoms with Gasteiger partial charge in [-0.2, -0.15) is 5.10 Å². The van der Waals surface area contributed by atoms with E-state index in [0.29, 0.717) is 28.4 Å². The minimum atomic E-state index is -0.249. The summed E-state index contributed by atoms with van der Waals surface area (Å²) in [5, 5.41) is 7.79. The second-order valence-corrected chi connectivity index (χ2v) is 7.46. The van der Waals surface area contributed by atoms with E-state index in [1.54, 1.807) is 31.2 Å². The third kappa shape index (κ3) is 4.07. The Hall–Kier alpha value is -4.06. The molecule has 3 aromatic carbocycles. The summed E-state index contributed by atoms with van der Waals surface area (Å²) in [6.45, 7) is 3.92. The van der Waals surface area contributed by atoms with Gasteiger partial charge in [0.15, 0.2) is 11.5 Å². The lowest BCUT2D eigenvalue weighted by molar-refractivity contribution is 0.102. The normalized spacial score (nSPS) is 10.6. The molecule has 0 unspecified atom stereocenters. The first-order valence-corrected chi connectivity index (χ1v) is 10.3. The number of hydrogen-bond acceptors (Lipinski definition) is 4. The van der Waals surface area contributed by atoms with Crippen LogP contribution >= 0.6 is 0 Å². The van der Waals surface area contributed by atoms with E-state index in [0.717, 1.165) is 22.4 Å². The van der Waals surface area contributed by atoms with Crippen LogP contribution in [0.1, 0.15) is 21.5 Å². The Labute approximate surface area is 187 Å². The Kier molecular flexibility index (Phi) is 5.94. The fourth-order valence-electron chi connectivity index (χ4n) is 3.60. The van der Waals surface area contributed by atoms with Crippen LogP contribution in [0.5, 0.6) is 11.5 Å². The van der Waals surface area contributed by atoms with Gasteiger partial charge in [0.25, 0.3) is 5.91 Å². The average molecular weight is 428 g/mol. The molecule has 4 aromatic rings. The lowest BCUT2D eigenvalue weighted by Gasteiger charge is -2.14. The number of anilines is 1. The van der Waals surface area contributed by atoms with Gasteiger partial charge in [-0.3, -0.25) is 4.79 Å². The van der Waals surface area contributed by atoms with Crippen LogP contribution in [0, 0.1) is 13.8 Å². The molecule has 0 bridgehead atoms. The van der Waals surface area contributed by atoms with E-state index in [1.807, 2.05) is 74.5 Å². The van der Waals surface area contributed by atoms with Gasteiger partial charge in [-0.15, -0.1) is 0 Å². The van der Waals surface area contributed by atoms with Gasteiger partial charge < -0.3 is 14.8 Å². The fraction of sp³-hybridized carbons (Fsp3) is 0.154. The second-order valence-electron chi connectivity index (χ2n) is 7.46. The van der Waals surface area contributed by atoms with E-state index in [2.05, 4.69) is 5.32 Å². The molecule has 0 aliphatic rings. The summed E-state index contributed by atoms with van der Waals surface area (Å²) in [7, 11) is 3.15. The molecule has 0 atom stereocenters. The number of aromatic nitrogens is 2. The van der Waals surface area contributed by atoms with Gasteiger partial charge in [0.1, 0.15) is 5.69 Å². The quantitative estimate of drug-likeness (QED) is 0.446. The summed E-state index contributed by atoms with van der Waals surface area (Å²) in [5.41, 5.74) is 5.46. The summed E-state index contributed by atoms with van der Waals surface area (Å²) >= 11 is 0. The summed E-state index contributed by atoms with van der Waals surface area (Å²) < 4.78 is 12.5. The highest BCUT2D eigenvalue weighted by atomic mass is 16.5. The van der Waals surface area contributed by atoms with E-state index < -0.39 is 0 Å². The number of nitrogens with one attached hydrogen (secondary N) is 1. The van der Waals surface area contributed by atoms with Gasteiger partial charge in [0.05, 0.1) is 25.5 Å². The van der Waals surface area contributed by atoms with E-state index in [-0.39, 0.29) is 5.91 Å². The molecular formula is C26H25N3O3. The number of benzene rings is 3. The molecule has 0 aliphatic carbocycles. The Bertz CT molecular complexity index is 1260. The zero-order chi connectivity index (χ0) is 22.7.